The Balaban J connectivity index is 2.04. The summed E-state index contributed by atoms with van der Waals surface area (Å²) in [6.07, 6.45) is 1.82. The van der Waals surface area contributed by atoms with Crippen LogP contribution in [-0.2, 0) is 0 Å². The van der Waals surface area contributed by atoms with Gasteiger partial charge in [-0.05, 0) is 48.0 Å². The second-order valence-corrected chi connectivity index (χ2v) is 5.43. The highest BCUT2D eigenvalue weighted by atomic mass is 35.5. The third-order valence-corrected chi connectivity index (χ3v) is 3.82. The number of rotatable bonds is 4. The number of aromatic nitrogens is 1. The minimum Gasteiger partial charge on any atom is -0.307 e. The normalized spacial score (nSPS) is 12.5. The predicted octanol–water partition coefficient (Wildman–Crippen LogP) is 4.59. The van der Waals surface area contributed by atoms with Gasteiger partial charge in [0.2, 0.25) is 0 Å². The molecule has 3 aromatic rings. The van der Waals surface area contributed by atoms with Crippen LogP contribution in [0.4, 0.5) is 0 Å². The fourth-order valence-corrected chi connectivity index (χ4v) is 2.69. The van der Waals surface area contributed by atoms with Crippen molar-refractivity contribution < 1.29 is 0 Å². The summed E-state index contributed by atoms with van der Waals surface area (Å²) in [7, 11) is 0. The van der Waals surface area contributed by atoms with Crippen molar-refractivity contribution in [3.8, 4) is 0 Å². The molecule has 0 fully saturated rings. The van der Waals surface area contributed by atoms with Crippen LogP contribution in [0.2, 0.25) is 5.02 Å². The number of hydrogen-bond donors (Lipinski definition) is 1. The maximum atomic E-state index is 5.99. The number of benzene rings is 2. The maximum absolute atomic E-state index is 5.99. The summed E-state index contributed by atoms with van der Waals surface area (Å²) in [6, 6.07) is 18.6. The Bertz CT molecular complexity index is 738. The zero-order chi connectivity index (χ0) is 14.7. The second kappa shape index (κ2) is 6.25. The second-order valence-electron chi connectivity index (χ2n) is 5.00. The van der Waals surface area contributed by atoms with Crippen molar-refractivity contribution in [2.24, 2.45) is 0 Å². The summed E-state index contributed by atoms with van der Waals surface area (Å²) in [5, 5.41) is 5.46. The van der Waals surface area contributed by atoms with Crippen molar-refractivity contribution in [1.82, 2.24) is 10.3 Å². The molecule has 0 aliphatic carbocycles. The SMILES string of the molecule is CCNC(c1ccc(Cl)cc1)c1ccc2ncccc2c1. The highest BCUT2D eigenvalue weighted by Gasteiger charge is 2.13. The molecule has 3 rings (SSSR count). The van der Waals surface area contributed by atoms with Gasteiger partial charge >= 0.3 is 0 Å². The molecule has 1 unspecified atom stereocenters. The fourth-order valence-electron chi connectivity index (χ4n) is 2.56. The molecule has 1 atom stereocenters. The van der Waals surface area contributed by atoms with E-state index >= 15 is 0 Å². The molecule has 0 bridgehead atoms. The molecule has 0 saturated heterocycles. The minimum atomic E-state index is 0.164. The van der Waals surface area contributed by atoms with Crippen LogP contribution in [0.1, 0.15) is 24.1 Å². The highest BCUT2D eigenvalue weighted by Crippen LogP contribution is 2.26. The van der Waals surface area contributed by atoms with Crippen molar-refractivity contribution in [2.75, 3.05) is 6.54 Å². The highest BCUT2D eigenvalue weighted by molar-refractivity contribution is 6.30. The molecule has 0 spiro atoms. The first-order chi connectivity index (χ1) is 10.3. The van der Waals surface area contributed by atoms with E-state index in [1.54, 1.807) is 0 Å². The zero-order valence-corrected chi connectivity index (χ0v) is 12.6. The Labute approximate surface area is 129 Å². The lowest BCUT2D eigenvalue weighted by Crippen LogP contribution is -2.21. The summed E-state index contributed by atoms with van der Waals surface area (Å²) in [4.78, 5) is 4.37. The Kier molecular flexibility index (Phi) is 4.18. The predicted molar refractivity (Wildman–Crippen MR) is 88.7 cm³/mol. The van der Waals surface area contributed by atoms with E-state index in [0.29, 0.717) is 0 Å². The molecule has 2 aromatic carbocycles. The van der Waals surface area contributed by atoms with E-state index in [2.05, 4.69) is 53.6 Å². The number of fused-ring (bicyclic) bond motifs is 1. The molecule has 1 aromatic heterocycles. The van der Waals surface area contributed by atoms with Crippen molar-refractivity contribution in [1.29, 1.82) is 0 Å². The largest absolute Gasteiger partial charge is 0.307 e. The van der Waals surface area contributed by atoms with Crippen molar-refractivity contribution in [3.05, 3.63) is 76.9 Å². The third-order valence-electron chi connectivity index (χ3n) is 3.57. The number of halogens is 1. The van der Waals surface area contributed by atoms with Gasteiger partial charge in [-0.25, -0.2) is 0 Å². The average molecular weight is 297 g/mol. The lowest BCUT2D eigenvalue weighted by molar-refractivity contribution is 0.631. The molecule has 2 nitrogen and oxygen atoms in total. The van der Waals surface area contributed by atoms with Crippen LogP contribution < -0.4 is 5.32 Å². The summed E-state index contributed by atoms with van der Waals surface area (Å²) in [5.74, 6) is 0. The molecular weight excluding hydrogens is 280 g/mol. The monoisotopic (exact) mass is 296 g/mol. The summed E-state index contributed by atoms with van der Waals surface area (Å²) >= 11 is 5.99. The van der Waals surface area contributed by atoms with E-state index in [4.69, 9.17) is 11.6 Å². The van der Waals surface area contributed by atoms with Gasteiger partial charge < -0.3 is 5.32 Å². The van der Waals surface area contributed by atoms with Gasteiger partial charge in [0.1, 0.15) is 0 Å². The summed E-state index contributed by atoms with van der Waals surface area (Å²) < 4.78 is 0. The van der Waals surface area contributed by atoms with Crippen LogP contribution in [0.15, 0.2) is 60.8 Å². The van der Waals surface area contributed by atoms with Gasteiger partial charge in [-0.15, -0.1) is 0 Å². The lowest BCUT2D eigenvalue weighted by Gasteiger charge is -2.19. The standard InChI is InChI=1S/C18H17ClN2/c1-2-20-18(13-5-8-16(19)9-6-13)15-7-10-17-14(12-15)4-3-11-21-17/h3-12,18,20H,2H2,1H3. The third kappa shape index (κ3) is 3.07. The molecule has 21 heavy (non-hydrogen) atoms. The number of nitrogens with zero attached hydrogens (tertiary/aromatic N) is 1. The molecule has 0 aliphatic heterocycles. The van der Waals surface area contributed by atoms with Crippen LogP contribution in [0, 0.1) is 0 Å². The molecule has 3 heteroatoms. The first kappa shape index (κ1) is 14.1. The van der Waals surface area contributed by atoms with Gasteiger partial charge in [-0.2, -0.15) is 0 Å². The van der Waals surface area contributed by atoms with E-state index in [-0.39, 0.29) is 6.04 Å². The van der Waals surface area contributed by atoms with Crippen LogP contribution >= 0.6 is 11.6 Å². The molecule has 0 amide bonds. The van der Waals surface area contributed by atoms with Crippen LogP contribution in [0.5, 0.6) is 0 Å². The van der Waals surface area contributed by atoms with Gasteiger partial charge in [0.25, 0.3) is 0 Å². The summed E-state index contributed by atoms with van der Waals surface area (Å²) in [5.41, 5.74) is 3.47. The topological polar surface area (TPSA) is 24.9 Å². The Morgan fingerprint density at radius 1 is 1.05 bits per heavy atom. The van der Waals surface area contributed by atoms with E-state index < -0.39 is 0 Å². The average Bonchev–Trinajstić information content (AvgIpc) is 2.53. The maximum Gasteiger partial charge on any atom is 0.0702 e. The molecule has 0 saturated carbocycles. The van der Waals surface area contributed by atoms with Gasteiger partial charge in [0, 0.05) is 16.6 Å². The Morgan fingerprint density at radius 3 is 2.57 bits per heavy atom. The number of pyridine rings is 1. The Hall–Kier alpha value is -1.90. The zero-order valence-electron chi connectivity index (χ0n) is 11.9. The Morgan fingerprint density at radius 2 is 1.81 bits per heavy atom. The first-order valence-electron chi connectivity index (χ1n) is 7.11. The van der Waals surface area contributed by atoms with Crippen LogP contribution in [-0.4, -0.2) is 11.5 Å². The van der Waals surface area contributed by atoms with Crippen molar-refractivity contribution >= 4 is 22.5 Å². The van der Waals surface area contributed by atoms with Crippen LogP contribution in [0.25, 0.3) is 10.9 Å². The molecule has 1 heterocycles. The summed E-state index contributed by atoms with van der Waals surface area (Å²) in [6.45, 7) is 3.02. The first-order valence-corrected chi connectivity index (χ1v) is 7.49. The number of nitrogens with one attached hydrogen (secondary N) is 1. The molecule has 1 N–H and O–H groups in total. The quantitative estimate of drug-likeness (QED) is 0.762. The van der Waals surface area contributed by atoms with Crippen LogP contribution in [0.3, 0.4) is 0 Å². The minimum absolute atomic E-state index is 0.164. The van der Waals surface area contributed by atoms with Gasteiger partial charge in [-0.3, -0.25) is 4.98 Å². The van der Waals surface area contributed by atoms with E-state index in [1.165, 1.54) is 11.1 Å². The molecule has 106 valence electrons. The lowest BCUT2D eigenvalue weighted by atomic mass is 9.97. The smallest absolute Gasteiger partial charge is 0.0702 e. The van der Waals surface area contributed by atoms with Crippen molar-refractivity contribution in [3.63, 3.8) is 0 Å². The van der Waals surface area contributed by atoms with E-state index in [1.807, 2.05) is 24.4 Å². The van der Waals surface area contributed by atoms with Gasteiger partial charge in [0.15, 0.2) is 0 Å². The van der Waals surface area contributed by atoms with Gasteiger partial charge in [-0.1, -0.05) is 42.8 Å². The fraction of sp³-hybridized carbons (Fsp3) is 0.167. The molecule has 0 aliphatic rings. The van der Waals surface area contributed by atoms with Crippen molar-refractivity contribution in [2.45, 2.75) is 13.0 Å². The molecule has 0 radical (unpaired) electrons. The van der Waals surface area contributed by atoms with E-state index in [0.717, 1.165) is 22.5 Å². The van der Waals surface area contributed by atoms with Gasteiger partial charge in [0.05, 0.1) is 11.6 Å². The molecular formula is C18H17ClN2. The van der Waals surface area contributed by atoms with E-state index in [9.17, 15) is 0 Å². The number of hydrogen-bond acceptors (Lipinski definition) is 2.